The molecule has 0 aliphatic rings. The molecule has 96 valence electrons. The molecule has 1 aromatic heterocycles. The monoisotopic (exact) mass is 363 g/mol. The quantitative estimate of drug-likeness (QED) is 0.818. The van der Waals surface area contributed by atoms with Crippen LogP contribution in [0.5, 0.6) is 0 Å². The molecule has 17 heavy (non-hydrogen) atoms. The molecule has 1 N–H and O–H groups in total. The molecule has 1 aromatic rings. The molecule has 5 heteroatoms. The van der Waals surface area contributed by atoms with Gasteiger partial charge in [-0.05, 0) is 0 Å². The second-order valence-electron chi connectivity index (χ2n) is 6.17. The third-order valence-electron chi connectivity index (χ3n) is 2.43. The predicted octanol–water partition coefficient (Wildman–Crippen LogP) is 3.58. The van der Waals surface area contributed by atoms with E-state index >= 15 is 0 Å². The number of rotatable bonds is 2. The summed E-state index contributed by atoms with van der Waals surface area (Å²) < 4.78 is 1.32. The van der Waals surface area contributed by atoms with Crippen molar-refractivity contribution in [3.63, 3.8) is 0 Å². The summed E-state index contributed by atoms with van der Waals surface area (Å²) in [6.45, 7) is 5.79. The van der Waals surface area contributed by atoms with Gasteiger partial charge in [-0.15, -0.1) is 0 Å². The van der Waals surface area contributed by atoms with Crippen LogP contribution < -0.4 is 7.79 Å². The van der Waals surface area contributed by atoms with E-state index in [-0.39, 0.29) is 0 Å². The molecule has 0 saturated heterocycles. The van der Waals surface area contributed by atoms with Gasteiger partial charge in [0.25, 0.3) is 0 Å². The van der Waals surface area contributed by atoms with E-state index in [1.54, 1.807) is 11.3 Å². The van der Waals surface area contributed by atoms with Crippen molar-refractivity contribution in [3.8, 4) is 0 Å². The molecule has 3 nitrogen and oxygen atoms in total. The first-order valence-electron chi connectivity index (χ1n) is 5.66. The Labute approximate surface area is 111 Å². The fourth-order valence-electron chi connectivity index (χ4n) is 1.79. The van der Waals surface area contributed by atoms with E-state index in [4.69, 9.17) is 0 Å². The van der Waals surface area contributed by atoms with Crippen LogP contribution in [0, 0.1) is 0 Å². The van der Waals surface area contributed by atoms with Crippen molar-refractivity contribution in [1.29, 1.82) is 0 Å². The van der Waals surface area contributed by atoms with E-state index in [0.29, 0.717) is 0 Å². The van der Waals surface area contributed by atoms with Crippen molar-refractivity contribution in [2.75, 3.05) is 4.90 Å². The Bertz CT molecular complexity index is 415. The summed E-state index contributed by atoms with van der Waals surface area (Å²) in [6, 6.07) is 1.95. The molecule has 0 spiro atoms. The van der Waals surface area contributed by atoms with Crippen LogP contribution in [0.25, 0.3) is 0 Å². The number of hydrogen-bond acceptors (Lipinski definition) is 2. The summed E-state index contributed by atoms with van der Waals surface area (Å²) in [5.74, 6) is 0. The van der Waals surface area contributed by atoms with Crippen LogP contribution in [-0.4, -0.2) is 35.1 Å². The molecule has 0 atom stereocenters. The van der Waals surface area contributed by atoms with Crippen LogP contribution in [0.4, 0.5) is 10.5 Å². The fourth-order valence-corrected chi connectivity index (χ4v) is 9.12. The van der Waals surface area contributed by atoms with Gasteiger partial charge in [0.05, 0.1) is 0 Å². The number of carbonyl (C=O) groups is 1. The molecule has 0 aromatic carbocycles. The van der Waals surface area contributed by atoms with E-state index in [1.165, 1.54) is 7.79 Å². The summed E-state index contributed by atoms with van der Waals surface area (Å²) in [6.07, 6.45) is -0.868. The SMILES string of the molecule is CC(C)(C)N(C(=O)O)c1ccs[c]1[Sn]([CH3])([CH3])[CH3]. The summed E-state index contributed by atoms with van der Waals surface area (Å²) in [5, 5.41) is 11.4. The molecule has 0 saturated carbocycles. The van der Waals surface area contributed by atoms with E-state index in [2.05, 4.69) is 14.8 Å². The fraction of sp³-hybridized carbons (Fsp3) is 0.583. The molecular formula is C12H21NO2SSn. The summed E-state index contributed by atoms with van der Waals surface area (Å²) in [5.41, 5.74) is 0.497. The standard InChI is InChI=1S/C9H12NO2S.3CH3.Sn/c1-9(2,3)10(8(11)12)7-4-5-13-6-7;;;;/h4-5H,1-3H3,(H,11,12);3*1H3;. The van der Waals surface area contributed by atoms with E-state index < -0.39 is 30.0 Å². The number of carboxylic acid groups (broad SMARTS) is 1. The normalized spacial score (nSPS) is 12.6. The van der Waals surface area contributed by atoms with Gasteiger partial charge in [-0.2, -0.15) is 0 Å². The molecule has 0 radical (unpaired) electrons. The summed E-state index contributed by atoms with van der Waals surface area (Å²) in [4.78, 5) is 19.9. The zero-order valence-corrected chi connectivity index (χ0v) is 15.0. The summed E-state index contributed by atoms with van der Waals surface area (Å²) in [7, 11) is 0. The number of hydrogen-bond donors (Lipinski definition) is 1. The zero-order chi connectivity index (χ0) is 13.4. The average molecular weight is 362 g/mol. The van der Waals surface area contributed by atoms with E-state index in [0.717, 1.165) is 5.69 Å². The summed E-state index contributed by atoms with van der Waals surface area (Å²) >= 11 is -0.541. The topological polar surface area (TPSA) is 40.5 Å². The van der Waals surface area contributed by atoms with Crippen LogP contribution in [0.1, 0.15) is 20.8 Å². The molecule has 0 aliphatic heterocycles. The van der Waals surface area contributed by atoms with E-state index in [1.807, 2.05) is 32.2 Å². The van der Waals surface area contributed by atoms with Gasteiger partial charge in [-0.3, -0.25) is 0 Å². The Balaban J connectivity index is 3.31. The molecule has 0 aliphatic carbocycles. The van der Waals surface area contributed by atoms with Crippen molar-refractivity contribution in [2.45, 2.75) is 41.1 Å². The van der Waals surface area contributed by atoms with Gasteiger partial charge < -0.3 is 0 Å². The second-order valence-corrected chi connectivity index (χ2v) is 22.4. The van der Waals surface area contributed by atoms with Crippen molar-refractivity contribution < 1.29 is 9.90 Å². The number of thiophene rings is 1. The van der Waals surface area contributed by atoms with Crippen molar-refractivity contribution >= 4 is 44.4 Å². The molecular weight excluding hydrogens is 341 g/mol. The van der Waals surface area contributed by atoms with Crippen molar-refractivity contribution in [3.05, 3.63) is 11.4 Å². The van der Waals surface area contributed by atoms with Crippen LogP contribution in [0.2, 0.25) is 14.8 Å². The predicted molar refractivity (Wildman–Crippen MR) is 77.6 cm³/mol. The molecule has 0 unspecified atom stereocenters. The van der Waals surface area contributed by atoms with Gasteiger partial charge in [0, 0.05) is 0 Å². The first kappa shape index (κ1) is 14.8. The zero-order valence-electron chi connectivity index (χ0n) is 11.4. The third kappa shape index (κ3) is 3.37. The molecule has 0 fully saturated rings. The van der Waals surface area contributed by atoms with E-state index in [9.17, 15) is 9.90 Å². The van der Waals surface area contributed by atoms with Gasteiger partial charge in [-0.1, -0.05) is 0 Å². The van der Waals surface area contributed by atoms with Crippen LogP contribution in [0.15, 0.2) is 11.4 Å². The molecule has 1 rings (SSSR count). The Hall–Kier alpha value is -0.231. The van der Waals surface area contributed by atoms with Crippen molar-refractivity contribution in [1.82, 2.24) is 0 Å². The minimum absolute atomic E-state index is 0.404. The Morgan fingerprint density at radius 2 is 1.88 bits per heavy atom. The van der Waals surface area contributed by atoms with Gasteiger partial charge in [0.2, 0.25) is 0 Å². The van der Waals surface area contributed by atoms with Crippen LogP contribution in [0.3, 0.4) is 0 Å². The molecule has 1 heterocycles. The van der Waals surface area contributed by atoms with Gasteiger partial charge in [0.15, 0.2) is 0 Å². The van der Waals surface area contributed by atoms with Crippen LogP contribution >= 0.6 is 11.3 Å². The Morgan fingerprint density at radius 1 is 1.35 bits per heavy atom. The molecule has 0 bridgehead atoms. The Kier molecular flexibility index (Phi) is 4.19. The molecule has 1 amide bonds. The average Bonchev–Trinajstić information content (AvgIpc) is 2.47. The van der Waals surface area contributed by atoms with Crippen LogP contribution in [-0.2, 0) is 0 Å². The first-order valence-corrected chi connectivity index (χ1v) is 16.5. The Morgan fingerprint density at radius 3 is 2.24 bits per heavy atom. The van der Waals surface area contributed by atoms with Gasteiger partial charge in [0.1, 0.15) is 0 Å². The number of anilines is 1. The maximum atomic E-state index is 11.5. The first-order chi connectivity index (χ1) is 7.55. The number of amides is 1. The second kappa shape index (κ2) is 4.80. The van der Waals surface area contributed by atoms with Crippen molar-refractivity contribution in [2.24, 2.45) is 0 Å². The minimum atomic E-state index is -2.25. The number of nitrogens with zero attached hydrogens (tertiary/aromatic N) is 1. The third-order valence-corrected chi connectivity index (χ3v) is 12.9. The van der Waals surface area contributed by atoms with Gasteiger partial charge >= 0.3 is 112 Å². The van der Waals surface area contributed by atoms with Gasteiger partial charge in [-0.25, -0.2) is 0 Å². The maximum absolute atomic E-state index is 11.5.